The van der Waals surface area contributed by atoms with Gasteiger partial charge in [0, 0.05) is 30.6 Å². The van der Waals surface area contributed by atoms with Crippen LogP contribution in [0.1, 0.15) is 61.0 Å². The zero-order chi connectivity index (χ0) is 15.5. The maximum absolute atomic E-state index is 13.9. The fraction of sp³-hybridized carbons (Fsp3) is 0.588. The largest absolute Gasteiger partial charge is 0.508 e. The average Bonchev–Trinajstić information content (AvgIpc) is 2.44. The highest BCUT2D eigenvalue weighted by Crippen LogP contribution is 2.35. The minimum Gasteiger partial charge on any atom is -0.508 e. The number of hydrogen-bond acceptors (Lipinski definition) is 3. The molecule has 0 spiro atoms. The number of nitrogens with one attached hydrogen (secondary N) is 1. The van der Waals surface area contributed by atoms with Crippen molar-refractivity contribution in [3.63, 3.8) is 0 Å². The van der Waals surface area contributed by atoms with Crippen LogP contribution in [0, 0.1) is 0 Å². The Bertz CT molecular complexity index is 524. The normalized spacial score (nSPS) is 16.5. The smallest absolute Gasteiger partial charge is 0.163 e. The van der Waals surface area contributed by atoms with E-state index < -0.39 is 5.67 Å². The molecule has 0 aromatic heterocycles. The molecule has 1 aromatic carbocycles. The topological polar surface area (TPSA) is 49.3 Å². The lowest BCUT2D eigenvalue weighted by atomic mass is 9.82. The summed E-state index contributed by atoms with van der Waals surface area (Å²) in [5.41, 5.74) is 1.05. The molecule has 1 aromatic rings. The fourth-order valence-electron chi connectivity index (χ4n) is 2.80. The van der Waals surface area contributed by atoms with Gasteiger partial charge >= 0.3 is 0 Å². The fourth-order valence-corrected chi connectivity index (χ4v) is 2.80. The minimum atomic E-state index is -1.06. The van der Waals surface area contributed by atoms with Gasteiger partial charge in [0.25, 0.3) is 0 Å². The number of benzene rings is 1. The van der Waals surface area contributed by atoms with Crippen LogP contribution >= 0.6 is 0 Å². The number of carbonyl (C=O) groups is 1. The molecular formula is C17H24FNO2. The molecule has 1 aliphatic rings. The van der Waals surface area contributed by atoms with Crippen LogP contribution in [0.2, 0.25) is 0 Å². The van der Waals surface area contributed by atoms with E-state index in [2.05, 4.69) is 5.32 Å². The lowest BCUT2D eigenvalue weighted by Crippen LogP contribution is -2.42. The summed E-state index contributed by atoms with van der Waals surface area (Å²) in [4.78, 5) is 12.0. The molecule has 0 radical (unpaired) electrons. The Morgan fingerprint density at radius 2 is 2.10 bits per heavy atom. The van der Waals surface area contributed by atoms with Gasteiger partial charge in [-0.2, -0.15) is 0 Å². The van der Waals surface area contributed by atoms with Crippen LogP contribution in [0.3, 0.4) is 0 Å². The highest BCUT2D eigenvalue weighted by atomic mass is 19.1. The molecule has 0 amide bonds. The highest BCUT2D eigenvalue weighted by molar-refractivity contribution is 5.98. The third-order valence-electron chi connectivity index (χ3n) is 4.28. The first kappa shape index (κ1) is 16.0. The molecule has 0 unspecified atom stereocenters. The maximum atomic E-state index is 13.9. The Kier molecular flexibility index (Phi) is 4.99. The number of phenols is 1. The second kappa shape index (κ2) is 6.56. The van der Waals surface area contributed by atoms with Gasteiger partial charge in [-0.15, -0.1) is 0 Å². The van der Waals surface area contributed by atoms with Gasteiger partial charge in [-0.25, -0.2) is 4.39 Å². The molecule has 116 valence electrons. The molecule has 0 bridgehead atoms. The predicted octanol–water partition coefficient (Wildman–Crippen LogP) is 3.53. The summed E-state index contributed by atoms with van der Waals surface area (Å²) in [6.07, 6.45) is 3.24. The van der Waals surface area contributed by atoms with Crippen LogP contribution in [0.15, 0.2) is 12.1 Å². The predicted molar refractivity (Wildman–Crippen MR) is 81.5 cm³/mol. The zero-order valence-electron chi connectivity index (χ0n) is 12.8. The van der Waals surface area contributed by atoms with Crippen molar-refractivity contribution in [3.05, 3.63) is 28.8 Å². The van der Waals surface area contributed by atoms with Crippen LogP contribution in [-0.2, 0) is 13.0 Å². The summed E-state index contributed by atoms with van der Waals surface area (Å²) < 4.78 is 13.9. The van der Waals surface area contributed by atoms with E-state index in [0.29, 0.717) is 49.9 Å². The molecule has 2 N–H and O–H groups in total. The SMILES string of the molecule is CCC(=O)c1cc(CNCC2(F)CCC2)cc(O)c1CC. The number of carbonyl (C=O) groups excluding carboxylic acids is 1. The number of halogens is 1. The summed E-state index contributed by atoms with van der Waals surface area (Å²) in [5, 5.41) is 13.2. The summed E-state index contributed by atoms with van der Waals surface area (Å²) in [5.74, 6) is 0.192. The molecule has 3 nitrogen and oxygen atoms in total. The van der Waals surface area contributed by atoms with E-state index in [-0.39, 0.29) is 11.5 Å². The molecule has 1 aliphatic carbocycles. The Balaban J connectivity index is 2.09. The maximum Gasteiger partial charge on any atom is 0.163 e. The molecular weight excluding hydrogens is 269 g/mol. The molecule has 1 fully saturated rings. The van der Waals surface area contributed by atoms with Gasteiger partial charge in [-0.1, -0.05) is 13.8 Å². The van der Waals surface area contributed by atoms with E-state index in [0.717, 1.165) is 12.0 Å². The number of ketones is 1. The second-order valence-electron chi connectivity index (χ2n) is 5.88. The van der Waals surface area contributed by atoms with Crippen molar-refractivity contribution >= 4 is 5.78 Å². The van der Waals surface area contributed by atoms with E-state index in [4.69, 9.17) is 0 Å². The summed E-state index contributed by atoms with van der Waals surface area (Å²) >= 11 is 0. The lowest BCUT2D eigenvalue weighted by molar-refractivity contribution is 0.0630. The van der Waals surface area contributed by atoms with Gasteiger partial charge in [0.05, 0.1) is 0 Å². The monoisotopic (exact) mass is 293 g/mol. The first-order valence-electron chi connectivity index (χ1n) is 7.76. The Morgan fingerprint density at radius 1 is 1.38 bits per heavy atom. The molecule has 21 heavy (non-hydrogen) atoms. The third-order valence-corrected chi connectivity index (χ3v) is 4.28. The van der Waals surface area contributed by atoms with E-state index in [1.807, 2.05) is 19.9 Å². The molecule has 0 saturated heterocycles. The Hall–Kier alpha value is -1.42. The first-order chi connectivity index (χ1) is 9.99. The zero-order valence-corrected chi connectivity index (χ0v) is 12.8. The first-order valence-corrected chi connectivity index (χ1v) is 7.76. The van der Waals surface area contributed by atoms with Crippen LogP contribution in [-0.4, -0.2) is 23.1 Å². The van der Waals surface area contributed by atoms with Crippen molar-refractivity contribution < 1.29 is 14.3 Å². The van der Waals surface area contributed by atoms with Gasteiger partial charge in [-0.05, 0) is 43.4 Å². The minimum absolute atomic E-state index is 0.0324. The number of alkyl halides is 1. The van der Waals surface area contributed by atoms with Crippen molar-refractivity contribution in [3.8, 4) is 5.75 Å². The molecule has 0 aliphatic heterocycles. The van der Waals surface area contributed by atoms with E-state index >= 15 is 0 Å². The van der Waals surface area contributed by atoms with Crippen molar-refractivity contribution in [2.75, 3.05) is 6.54 Å². The standard InChI is InChI=1S/C17H24FNO2/c1-3-13-14(15(20)4-2)8-12(9-16(13)21)10-19-11-17(18)6-5-7-17/h8-9,19,21H,3-7,10-11H2,1-2H3. The second-order valence-corrected chi connectivity index (χ2v) is 5.88. The summed E-state index contributed by atoms with van der Waals surface area (Å²) in [6.45, 7) is 4.53. The van der Waals surface area contributed by atoms with Gasteiger partial charge in [0.1, 0.15) is 11.4 Å². The quantitative estimate of drug-likeness (QED) is 0.756. The summed E-state index contributed by atoms with van der Waals surface area (Å²) in [7, 11) is 0. The van der Waals surface area contributed by atoms with E-state index in [1.54, 1.807) is 6.07 Å². The molecule has 2 rings (SSSR count). The number of Topliss-reactive ketones (excluding diaryl/α,β-unsaturated/α-hetero) is 1. The Morgan fingerprint density at radius 3 is 2.62 bits per heavy atom. The third kappa shape index (κ3) is 3.62. The summed E-state index contributed by atoms with van der Waals surface area (Å²) in [6, 6.07) is 3.49. The van der Waals surface area contributed by atoms with Gasteiger partial charge in [-0.3, -0.25) is 4.79 Å². The van der Waals surface area contributed by atoms with Crippen LogP contribution in [0.5, 0.6) is 5.75 Å². The van der Waals surface area contributed by atoms with Gasteiger partial charge in [0.2, 0.25) is 0 Å². The number of phenolic OH excluding ortho intramolecular Hbond substituents is 1. The van der Waals surface area contributed by atoms with Crippen molar-refractivity contribution in [2.24, 2.45) is 0 Å². The van der Waals surface area contributed by atoms with Crippen molar-refractivity contribution in [2.45, 2.75) is 58.2 Å². The number of aromatic hydroxyl groups is 1. The van der Waals surface area contributed by atoms with Gasteiger partial charge in [0.15, 0.2) is 5.78 Å². The molecule has 0 heterocycles. The van der Waals surface area contributed by atoms with Crippen molar-refractivity contribution in [1.29, 1.82) is 0 Å². The molecule has 4 heteroatoms. The van der Waals surface area contributed by atoms with E-state index in [1.165, 1.54) is 0 Å². The average molecular weight is 293 g/mol. The number of rotatable bonds is 7. The van der Waals surface area contributed by atoms with Crippen molar-refractivity contribution in [1.82, 2.24) is 5.32 Å². The molecule has 0 atom stereocenters. The highest BCUT2D eigenvalue weighted by Gasteiger charge is 2.36. The number of hydrogen-bond donors (Lipinski definition) is 2. The molecule has 1 saturated carbocycles. The van der Waals surface area contributed by atoms with Crippen LogP contribution < -0.4 is 5.32 Å². The van der Waals surface area contributed by atoms with Gasteiger partial charge < -0.3 is 10.4 Å². The lowest BCUT2D eigenvalue weighted by Gasteiger charge is -2.34. The van der Waals surface area contributed by atoms with Crippen LogP contribution in [0.25, 0.3) is 0 Å². The van der Waals surface area contributed by atoms with E-state index in [9.17, 15) is 14.3 Å². The van der Waals surface area contributed by atoms with Crippen LogP contribution in [0.4, 0.5) is 4.39 Å². The Labute approximate surface area is 125 Å².